The van der Waals surface area contributed by atoms with E-state index < -0.39 is 5.91 Å². The normalized spacial score (nSPS) is 10.8. The van der Waals surface area contributed by atoms with Crippen LogP contribution in [0.15, 0.2) is 39.9 Å². The van der Waals surface area contributed by atoms with Crippen LogP contribution < -0.4 is 10.2 Å². The number of hydrazone groups is 1. The molecular formula is C15H10BrCl3N2O3. The number of hydrogen-bond donors (Lipinski definition) is 2. The molecule has 5 nitrogen and oxygen atoms in total. The van der Waals surface area contributed by atoms with Gasteiger partial charge in [0.1, 0.15) is 11.5 Å². The van der Waals surface area contributed by atoms with Crippen molar-refractivity contribution in [1.82, 2.24) is 5.43 Å². The number of nitrogens with one attached hydrogen (secondary N) is 1. The van der Waals surface area contributed by atoms with Gasteiger partial charge in [0.05, 0.1) is 16.3 Å². The van der Waals surface area contributed by atoms with Gasteiger partial charge in [0, 0.05) is 15.1 Å². The summed E-state index contributed by atoms with van der Waals surface area (Å²) in [4.78, 5) is 11.7. The highest BCUT2D eigenvalue weighted by molar-refractivity contribution is 9.10. The Labute approximate surface area is 161 Å². The van der Waals surface area contributed by atoms with Gasteiger partial charge in [-0.3, -0.25) is 4.79 Å². The van der Waals surface area contributed by atoms with Gasteiger partial charge < -0.3 is 9.84 Å². The molecule has 0 fully saturated rings. The Hall–Kier alpha value is -1.47. The Morgan fingerprint density at radius 3 is 2.71 bits per heavy atom. The largest absolute Gasteiger partial charge is 0.506 e. The molecule has 2 rings (SSSR count). The predicted molar refractivity (Wildman–Crippen MR) is 98.5 cm³/mol. The van der Waals surface area contributed by atoms with Gasteiger partial charge in [0.15, 0.2) is 6.61 Å². The van der Waals surface area contributed by atoms with Gasteiger partial charge in [-0.25, -0.2) is 5.43 Å². The lowest BCUT2D eigenvalue weighted by Gasteiger charge is -2.07. The number of phenols is 1. The second-order valence-corrected chi connectivity index (χ2v) is 6.65. The van der Waals surface area contributed by atoms with E-state index in [2.05, 4.69) is 26.5 Å². The average molecular weight is 453 g/mol. The van der Waals surface area contributed by atoms with Crippen LogP contribution >= 0.6 is 50.7 Å². The number of phenolic OH excluding ortho intramolecular Hbond substituents is 1. The predicted octanol–water partition coefficient (Wildman–Crippen LogP) is 4.64. The van der Waals surface area contributed by atoms with E-state index in [4.69, 9.17) is 39.5 Å². The van der Waals surface area contributed by atoms with Gasteiger partial charge in [-0.15, -0.1) is 0 Å². The number of halogens is 4. The van der Waals surface area contributed by atoms with Crippen LogP contribution in [-0.2, 0) is 4.79 Å². The zero-order chi connectivity index (χ0) is 17.7. The SMILES string of the molecule is O=C(COc1ccc(Br)cc1Cl)N/N=C/c1cc(Cl)cc(Cl)c1O. The summed E-state index contributed by atoms with van der Waals surface area (Å²) in [6.45, 7) is -0.277. The van der Waals surface area contributed by atoms with E-state index in [-0.39, 0.29) is 22.9 Å². The third-order valence-corrected chi connectivity index (χ3v) is 4.00. The Balaban J connectivity index is 1.91. The van der Waals surface area contributed by atoms with Crippen molar-refractivity contribution in [3.8, 4) is 11.5 Å². The first kappa shape index (κ1) is 18.9. The van der Waals surface area contributed by atoms with Crippen LogP contribution in [0.25, 0.3) is 0 Å². The first-order chi connectivity index (χ1) is 11.4. The van der Waals surface area contributed by atoms with Gasteiger partial charge in [-0.05, 0) is 30.3 Å². The smallest absolute Gasteiger partial charge is 0.277 e. The molecule has 1 amide bonds. The van der Waals surface area contributed by atoms with Gasteiger partial charge in [0.2, 0.25) is 0 Å². The molecule has 2 aromatic rings. The molecule has 24 heavy (non-hydrogen) atoms. The zero-order valence-electron chi connectivity index (χ0n) is 11.9. The van der Waals surface area contributed by atoms with E-state index in [1.165, 1.54) is 18.3 Å². The van der Waals surface area contributed by atoms with E-state index in [0.29, 0.717) is 15.8 Å². The number of carbonyl (C=O) groups excluding carboxylic acids is 1. The molecule has 0 saturated heterocycles. The highest BCUT2D eigenvalue weighted by Gasteiger charge is 2.07. The molecule has 0 spiro atoms. The van der Waals surface area contributed by atoms with Crippen molar-refractivity contribution in [2.75, 3.05) is 6.61 Å². The standard InChI is InChI=1S/C15H10BrCl3N2O3/c16-9-1-2-13(11(18)4-9)24-7-14(22)21-20-6-8-3-10(17)5-12(19)15(8)23/h1-6,23H,7H2,(H,21,22)/b20-6+. The third-order valence-electron chi connectivity index (χ3n) is 2.70. The molecule has 0 heterocycles. The Morgan fingerprint density at radius 2 is 2.00 bits per heavy atom. The summed E-state index contributed by atoms with van der Waals surface area (Å²) in [5.41, 5.74) is 2.52. The number of aromatic hydroxyl groups is 1. The van der Waals surface area contributed by atoms with Gasteiger partial charge in [-0.1, -0.05) is 50.7 Å². The fraction of sp³-hybridized carbons (Fsp3) is 0.0667. The van der Waals surface area contributed by atoms with Crippen LogP contribution in [0.4, 0.5) is 0 Å². The first-order valence-electron chi connectivity index (χ1n) is 6.44. The number of rotatable bonds is 5. The Bertz CT molecular complexity index is 800. The molecule has 0 atom stereocenters. The molecule has 0 aliphatic heterocycles. The van der Waals surface area contributed by atoms with Gasteiger partial charge >= 0.3 is 0 Å². The number of hydrogen-bond acceptors (Lipinski definition) is 4. The number of ether oxygens (including phenoxy) is 1. The van der Waals surface area contributed by atoms with E-state index in [1.807, 2.05) is 0 Å². The summed E-state index contributed by atoms with van der Waals surface area (Å²) in [7, 11) is 0. The second-order valence-electron chi connectivity index (χ2n) is 4.48. The first-order valence-corrected chi connectivity index (χ1v) is 8.37. The highest BCUT2D eigenvalue weighted by atomic mass is 79.9. The number of carbonyl (C=O) groups is 1. The molecule has 0 aromatic heterocycles. The highest BCUT2D eigenvalue weighted by Crippen LogP contribution is 2.30. The molecule has 9 heteroatoms. The summed E-state index contributed by atoms with van der Waals surface area (Å²) < 4.78 is 6.09. The fourth-order valence-electron chi connectivity index (χ4n) is 1.63. The van der Waals surface area contributed by atoms with Crippen LogP contribution in [-0.4, -0.2) is 23.8 Å². The summed E-state index contributed by atoms with van der Waals surface area (Å²) in [6.07, 6.45) is 1.22. The van der Waals surface area contributed by atoms with Crippen molar-refractivity contribution in [3.05, 3.63) is 55.4 Å². The van der Waals surface area contributed by atoms with Crippen LogP contribution in [0.5, 0.6) is 11.5 Å². The van der Waals surface area contributed by atoms with Crippen LogP contribution in [0.1, 0.15) is 5.56 Å². The molecule has 0 radical (unpaired) electrons. The lowest BCUT2D eigenvalue weighted by Crippen LogP contribution is -2.24. The Morgan fingerprint density at radius 1 is 1.25 bits per heavy atom. The van der Waals surface area contributed by atoms with E-state index >= 15 is 0 Å². The minimum atomic E-state index is -0.502. The van der Waals surface area contributed by atoms with E-state index in [1.54, 1.807) is 18.2 Å². The molecule has 2 aromatic carbocycles. The number of amides is 1. The van der Waals surface area contributed by atoms with Crippen LogP contribution in [0, 0.1) is 0 Å². The summed E-state index contributed by atoms with van der Waals surface area (Å²) >= 11 is 20.9. The van der Waals surface area contributed by atoms with Gasteiger partial charge in [-0.2, -0.15) is 5.10 Å². The van der Waals surface area contributed by atoms with Crippen molar-refractivity contribution in [1.29, 1.82) is 0 Å². The molecule has 0 saturated carbocycles. The molecular weight excluding hydrogens is 442 g/mol. The van der Waals surface area contributed by atoms with Crippen LogP contribution in [0.3, 0.4) is 0 Å². The molecule has 0 aliphatic rings. The third kappa shape index (κ3) is 5.27. The maximum atomic E-state index is 11.7. The quantitative estimate of drug-likeness (QED) is 0.513. The van der Waals surface area contributed by atoms with Crippen molar-refractivity contribution >= 4 is 62.9 Å². The molecule has 2 N–H and O–H groups in total. The molecule has 126 valence electrons. The van der Waals surface area contributed by atoms with Crippen molar-refractivity contribution in [2.45, 2.75) is 0 Å². The Kier molecular flexibility index (Phi) is 6.74. The van der Waals surface area contributed by atoms with Crippen molar-refractivity contribution < 1.29 is 14.6 Å². The van der Waals surface area contributed by atoms with Crippen molar-refractivity contribution in [3.63, 3.8) is 0 Å². The topological polar surface area (TPSA) is 70.9 Å². The summed E-state index contributed by atoms with van der Waals surface area (Å²) in [6, 6.07) is 7.87. The second kappa shape index (κ2) is 8.58. The fourth-order valence-corrected chi connectivity index (χ4v) is 2.86. The maximum absolute atomic E-state index is 11.7. The monoisotopic (exact) mass is 450 g/mol. The van der Waals surface area contributed by atoms with Crippen molar-refractivity contribution in [2.24, 2.45) is 5.10 Å². The summed E-state index contributed by atoms with van der Waals surface area (Å²) in [5.74, 6) is -0.312. The van der Waals surface area contributed by atoms with E-state index in [0.717, 1.165) is 4.47 Å². The number of nitrogens with zero attached hydrogens (tertiary/aromatic N) is 1. The summed E-state index contributed by atoms with van der Waals surface area (Å²) in [5, 5.41) is 14.3. The maximum Gasteiger partial charge on any atom is 0.277 e. The lowest BCUT2D eigenvalue weighted by atomic mass is 10.2. The minimum absolute atomic E-state index is 0.0866. The zero-order valence-corrected chi connectivity index (χ0v) is 15.7. The lowest BCUT2D eigenvalue weighted by molar-refractivity contribution is -0.123. The molecule has 0 unspecified atom stereocenters. The average Bonchev–Trinajstić information content (AvgIpc) is 2.51. The number of benzene rings is 2. The molecule has 0 bridgehead atoms. The molecule has 0 aliphatic carbocycles. The minimum Gasteiger partial charge on any atom is -0.506 e. The van der Waals surface area contributed by atoms with Crippen LogP contribution in [0.2, 0.25) is 15.1 Å². The van der Waals surface area contributed by atoms with E-state index in [9.17, 15) is 9.90 Å². The van der Waals surface area contributed by atoms with Gasteiger partial charge in [0.25, 0.3) is 5.91 Å².